The van der Waals surface area contributed by atoms with Crippen molar-refractivity contribution in [3.63, 3.8) is 0 Å². The number of rotatable bonds is 5. The highest BCUT2D eigenvalue weighted by Gasteiger charge is 2.17. The van der Waals surface area contributed by atoms with Gasteiger partial charge < -0.3 is 10.6 Å². The molecule has 26 heavy (non-hydrogen) atoms. The van der Waals surface area contributed by atoms with Crippen LogP contribution in [-0.2, 0) is 6.54 Å². The Hall–Kier alpha value is -2.77. The summed E-state index contributed by atoms with van der Waals surface area (Å²) in [7, 11) is 0. The molecule has 0 aliphatic heterocycles. The maximum absolute atomic E-state index is 12.2. The summed E-state index contributed by atoms with van der Waals surface area (Å²) in [6.45, 7) is 2.37. The van der Waals surface area contributed by atoms with Crippen LogP contribution < -0.4 is 10.6 Å². The lowest BCUT2D eigenvalue weighted by atomic mass is 10.1. The molecule has 132 valence electrons. The van der Waals surface area contributed by atoms with Gasteiger partial charge in [0.25, 0.3) is 11.8 Å². The number of hydrogen-bond acceptors (Lipinski definition) is 5. The lowest BCUT2D eigenvalue weighted by Crippen LogP contribution is -2.22. The lowest BCUT2D eigenvalue weighted by molar-refractivity contribution is 0.0948. The van der Waals surface area contributed by atoms with Crippen LogP contribution in [0.2, 0.25) is 5.02 Å². The molecule has 0 atom stereocenters. The van der Waals surface area contributed by atoms with E-state index in [4.69, 9.17) is 11.6 Å². The zero-order valence-electron chi connectivity index (χ0n) is 13.8. The number of halogens is 1. The molecule has 2 amide bonds. The fourth-order valence-electron chi connectivity index (χ4n) is 2.24. The van der Waals surface area contributed by atoms with Gasteiger partial charge in [-0.3, -0.25) is 9.59 Å². The highest BCUT2D eigenvalue weighted by molar-refractivity contribution is 7.15. The Bertz CT molecular complexity index is 958. The molecule has 1 aromatic heterocycles. The normalized spacial score (nSPS) is 10.4. The van der Waals surface area contributed by atoms with E-state index in [1.54, 1.807) is 24.3 Å². The van der Waals surface area contributed by atoms with E-state index < -0.39 is 5.91 Å². The Morgan fingerprint density at radius 3 is 2.50 bits per heavy atom. The smallest absolute Gasteiger partial charge is 0.286 e. The maximum Gasteiger partial charge on any atom is 0.286 e. The van der Waals surface area contributed by atoms with Crippen LogP contribution in [-0.4, -0.2) is 22.0 Å². The van der Waals surface area contributed by atoms with Crippen molar-refractivity contribution < 1.29 is 9.59 Å². The van der Waals surface area contributed by atoms with Gasteiger partial charge >= 0.3 is 0 Å². The van der Waals surface area contributed by atoms with E-state index in [0.717, 1.165) is 22.5 Å². The summed E-state index contributed by atoms with van der Waals surface area (Å²) >= 11 is 6.82. The second-order valence-electron chi connectivity index (χ2n) is 5.55. The zero-order chi connectivity index (χ0) is 18.5. The number of anilines is 1. The Kier molecular flexibility index (Phi) is 5.60. The summed E-state index contributed by atoms with van der Waals surface area (Å²) in [6.07, 6.45) is 0. The molecule has 1 heterocycles. The maximum atomic E-state index is 12.2. The summed E-state index contributed by atoms with van der Waals surface area (Å²) < 4.78 is 0. The molecule has 3 aromatic rings. The molecule has 0 fully saturated rings. The van der Waals surface area contributed by atoms with E-state index in [2.05, 4.69) is 20.8 Å². The van der Waals surface area contributed by atoms with Crippen LogP contribution >= 0.6 is 22.9 Å². The first-order valence-corrected chi connectivity index (χ1v) is 8.95. The van der Waals surface area contributed by atoms with Crippen molar-refractivity contribution in [3.05, 3.63) is 74.7 Å². The van der Waals surface area contributed by atoms with Crippen LogP contribution in [0.5, 0.6) is 0 Å². The third kappa shape index (κ3) is 4.65. The summed E-state index contributed by atoms with van der Waals surface area (Å²) in [5.74, 6) is -0.812. The Labute approximate surface area is 159 Å². The van der Waals surface area contributed by atoms with E-state index in [0.29, 0.717) is 17.3 Å². The molecule has 0 unspecified atom stereocenters. The number of carbonyl (C=O) groups is 2. The number of hydrogen-bond donors (Lipinski definition) is 2. The average molecular weight is 387 g/mol. The van der Waals surface area contributed by atoms with Gasteiger partial charge in [0.2, 0.25) is 10.0 Å². The topological polar surface area (TPSA) is 84.0 Å². The third-order valence-corrected chi connectivity index (χ3v) is 4.59. The van der Waals surface area contributed by atoms with Crippen molar-refractivity contribution in [2.45, 2.75) is 13.5 Å². The molecule has 8 heteroatoms. The van der Waals surface area contributed by atoms with Crippen molar-refractivity contribution in [2.75, 3.05) is 5.32 Å². The number of amides is 2. The van der Waals surface area contributed by atoms with E-state index in [9.17, 15) is 9.59 Å². The highest BCUT2D eigenvalue weighted by atomic mass is 35.5. The number of carbonyl (C=O) groups excluding carboxylic acids is 2. The fraction of sp³-hybridized carbons (Fsp3) is 0.111. The summed E-state index contributed by atoms with van der Waals surface area (Å²) in [5, 5.41) is 13.8. The molecule has 0 radical (unpaired) electrons. The van der Waals surface area contributed by atoms with Crippen LogP contribution in [0.3, 0.4) is 0 Å². The second kappa shape index (κ2) is 8.07. The van der Waals surface area contributed by atoms with Crippen molar-refractivity contribution in [1.29, 1.82) is 0 Å². The van der Waals surface area contributed by atoms with Crippen LogP contribution in [0, 0.1) is 6.92 Å². The predicted octanol–water partition coefficient (Wildman–Crippen LogP) is 3.68. The van der Waals surface area contributed by atoms with E-state index in [-0.39, 0.29) is 15.9 Å². The minimum atomic E-state index is -0.442. The van der Waals surface area contributed by atoms with Crippen LogP contribution in [0.4, 0.5) is 5.69 Å². The number of aromatic nitrogens is 2. The van der Waals surface area contributed by atoms with Crippen molar-refractivity contribution in [3.8, 4) is 0 Å². The van der Waals surface area contributed by atoms with Gasteiger partial charge in [0.1, 0.15) is 0 Å². The lowest BCUT2D eigenvalue weighted by Gasteiger charge is -2.04. The fourth-order valence-corrected chi connectivity index (χ4v) is 3.08. The Morgan fingerprint density at radius 2 is 1.77 bits per heavy atom. The molecule has 2 N–H and O–H groups in total. The molecular weight excluding hydrogens is 372 g/mol. The molecule has 0 aliphatic carbocycles. The molecule has 0 saturated heterocycles. The monoisotopic (exact) mass is 386 g/mol. The number of nitrogens with zero attached hydrogens (tertiary/aromatic N) is 2. The van der Waals surface area contributed by atoms with Gasteiger partial charge in [-0.1, -0.05) is 58.8 Å². The van der Waals surface area contributed by atoms with Gasteiger partial charge in [0, 0.05) is 17.3 Å². The van der Waals surface area contributed by atoms with Gasteiger partial charge in [-0.05, 0) is 30.7 Å². The largest absolute Gasteiger partial charge is 0.346 e. The first-order chi connectivity index (χ1) is 12.5. The molecule has 0 aliphatic rings. The molecule has 6 nitrogen and oxygen atoms in total. The van der Waals surface area contributed by atoms with Crippen molar-refractivity contribution >= 4 is 40.4 Å². The number of benzene rings is 2. The first kappa shape index (κ1) is 18.0. The van der Waals surface area contributed by atoms with E-state index in [1.807, 2.05) is 31.2 Å². The third-order valence-electron chi connectivity index (χ3n) is 3.43. The zero-order valence-corrected chi connectivity index (χ0v) is 15.4. The second-order valence-corrected chi connectivity index (χ2v) is 6.96. The van der Waals surface area contributed by atoms with Crippen LogP contribution in [0.25, 0.3) is 0 Å². The van der Waals surface area contributed by atoms with E-state index >= 15 is 0 Å². The molecule has 3 rings (SSSR count). The minimum Gasteiger partial charge on any atom is -0.346 e. The van der Waals surface area contributed by atoms with Crippen LogP contribution in [0.15, 0.2) is 48.5 Å². The number of aryl methyl sites for hydroxylation is 1. The van der Waals surface area contributed by atoms with Gasteiger partial charge in [0.05, 0.1) is 0 Å². The standard InChI is InChI=1S/C18H15ClN4O2S/c1-11-4-2-5-12(8-11)10-20-15(24)17-22-23-18(26-17)16(25)21-14-7-3-6-13(19)9-14/h2-9H,10H2,1H3,(H,20,24)(H,21,25). The van der Waals surface area contributed by atoms with Gasteiger partial charge in [-0.25, -0.2) is 0 Å². The quantitative estimate of drug-likeness (QED) is 0.700. The molecule has 0 saturated carbocycles. The van der Waals surface area contributed by atoms with Gasteiger partial charge in [0.15, 0.2) is 0 Å². The summed E-state index contributed by atoms with van der Waals surface area (Å²) in [4.78, 5) is 24.4. The van der Waals surface area contributed by atoms with Crippen molar-refractivity contribution in [1.82, 2.24) is 15.5 Å². The molecular formula is C18H15ClN4O2S. The van der Waals surface area contributed by atoms with Gasteiger partial charge in [-0.2, -0.15) is 0 Å². The summed E-state index contributed by atoms with van der Waals surface area (Å²) in [5.41, 5.74) is 2.65. The predicted molar refractivity (Wildman–Crippen MR) is 102 cm³/mol. The van der Waals surface area contributed by atoms with Crippen LogP contribution in [0.1, 0.15) is 30.7 Å². The minimum absolute atomic E-state index is 0.102. The SMILES string of the molecule is Cc1cccc(CNC(=O)c2nnc(C(=O)Nc3cccc(Cl)c3)s2)c1. The first-order valence-electron chi connectivity index (χ1n) is 7.75. The Morgan fingerprint density at radius 1 is 1.04 bits per heavy atom. The highest BCUT2D eigenvalue weighted by Crippen LogP contribution is 2.17. The van der Waals surface area contributed by atoms with E-state index in [1.165, 1.54) is 0 Å². The molecule has 2 aromatic carbocycles. The molecule has 0 spiro atoms. The average Bonchev–Trinajstić information content (AvgIpc) is 3.10. The van der Waals surface area contributed by atoms with Crippen molar-refractivity contribution in [2.24, 2.45) is 0 Å². The summed E-state index contributed by atoms with van der Waals surface area (Å²) in [6, 6.07) is 14.6. The molecule has 0 bridgehead atoms. The number of nitrogens with one attached hydrogen (secondary N) is 2. The Balaban J connectivity index is 1.61. The van der Waals surface area contributed by atoms with Gasteiger partial charge in [-0.15, -0.1) is 10.2 Å².